The van der Waals surface area contributed by atoms with Gasteiger partial charge in [0.25, 0.3) is 5.91 Å². The molecule has 1 heterocycles. The summed E-state index contributed by atoms with van der Waals surface area (Å²) in [6.07, 6.45) is 0. The van der Waals surface area contributed by atoms with Crippen LogP contribution in [0.1, 0.15) is 29.0 Å². The molecule has 0 spiro atoms. The van der Waals surface area contributed by atoms with E-state index in [0.29, 0.717) is 5.82 Å². The zero-order chi connectivity index (χ0) is 17.7. The summed E-state index contributed by atoms with van der Waals surface area (Å²) >= 11 is 3.41. The molecule has 0 radical (unpaired) electrons. The summed E-state index contributed by atoms with van der Waals surface area (Å²) in [7, 11) is 3.30. The van der Waals surface area contributed by atoms with E-state index < -0.39 is 0 Å². The van der Waals surface area contributed by atoms with Crippen LogP contribution in [-0.4, -0.2) is 35.9 Å². The first-order valence-corrected chi connectivity index (χ1v) is 8.18. The van der Waals surface area contributed by atoms with E-state index in [9.17, 15) is 9.59 Å². The monoisotopic (exact) mass is 390 g/mol. The molecule has 126 valence electrons. The molecule has 7 heteroatoms. The molecule has 0 bridgehead atoms. The van der Waals surface area contributed by atoms with Crippen LogP contribution in [0.5, 0.6) is 0 Å². The Hall–Kier alpha value is -2.41. The molecule has 0 aliphatic rings. The molecule has 1 atom stereocenters. The van der Waals surface area contributed by atoms with Crippen molar-refractivity contribution < 1.29 is 9.59 Å². The van der Waals surface area contributed by atoms with Crippen molar-refractivity contribution in [2.45, 2.75) is 13.0 Å². The summed E-state index contributed by atoms with van der Waals surface area (Å²) < 4.78 is 0.950. The Bertz CT molecular complexity index is 749. The zero-order valence-corrected chi connectivity index (χ0v) is 15.3. The quantitative estimate of drug-likeness (QED) is 0.839. The number of aromatic nitrogens is 1. The third-order valence-corrected chi connectivity index (χ3v) is 3.81. The van der Waals surface area contributed by atoms with Crippen molar-refractivity contribution in [1.29, 1.82) is 0 Å². The summed E-state index contributed by atoms with van der Waals surface area (Å²) in [5, 5.41) is 5.48. The normalized spacial score (nSPS) is 11.5. The van der Waals surface area contributed by atoms with E-state index in [4.69, 9.17) is 0 Å². The van der Waals surface area contributed by atoms with Crippen LogP contribution >= 0.6 is 15.9 Å². The highest BCUT2D eigenvalue weighted by Gasteiger charge is 2.13. The smallest absolute Gasteiger partial charge is 0.320 e. The van der Waals surface area contributed by atoms with Crippen LogP contribution in [0.15, 0.2) is 46.9 Å². The molecule has 24 heavy (non-hydrogen) atoms. The van der Waals surface area contributed by atoms with E-state index in [0.717, 1.165) is 10.0 Å². The van der Waals surface area contributed by atoms with Crippen molar-refractivity contribution in [2.24, 2.45) is 0 Å². The SMILES string of the molecule is C[C@H](NC(=O)Nc1cccc(C(=O)N(C)C)n1)c1cccc(Br)c1. The maximum Gasteiger partial charge on any atom is 0.320 e. The number of carbonyl (C=O) groups is 2. The van der Waals surface area contributed by atoms with Gasteiger partial charge in [-0.15, -0.1) is 0 Å². The summed E-state index contributed by atoms with van der Waals surface area (Å²) in [5.74, 6) is 0.100. The van der Waals surface area contributed by atoms with Gasteiger partial charge >= 0.3 is 6.03 Å². The number of benzene rings is 1. The maximum absolute atomic E-state index is 12.1. The molecule has 0 fully saturated rings. The van der Waals surface area contributed by atoms with Crippen molar-refractivity contribution in [3.8, 4) is 0 Å². The van der Waals surface area contributed by atoms with E-state index in [1.807, 2.05) is 31.2 Å². The first kappa shape index (κ1) is 17.9. The second kappa shape index (κ2) is 7.92. The Labute approximate surface area is 149 Å². The van der Waals surface area contributed by atoms with Crippen LogP contribution in [0.2, 0.25) is 0 Å². The third kappa shape index (κ3) is 4.79. The fourth-order valence-corrected chi connectivity index (χ4v) is 2.48. The molecule has 3 amide bonds. The van der Waals surface area contributed by atoms with E-state index in [2.05, 4.69) is 31.5 Å². The minimum Gasteiger partial charge on any atom is -0.343 e. The second-order valence-corrected chi connectivity index (χ2v) is 6.40. The molecule has 0 aliphatic carbocycles. The van der Waals surface area contributed by atoms with E-state index in [-0.39, 0.29) is 23.7 Å². The van der Waals surface area contributed by atoms with Crippen molar-refractivity contribution in [3.05, 3.63) is 58.2 Å². The van der Waals surface area contributed by atoms with Crippen LogP contribution in [-0.2, 0) is 0 Å². The minimum absolute atomic E-state index is 0.172. The molecular weight excluding hydrogens is 372 g/mol. The Morgan fingerprint density at radius 2 is 1.88 bits per heavy atom. The molecule has 2 N–H and O–H groups in total. The Morgan fingerprint density at radius 3 is 2.54 bits per heavy atom. The lowest BCUT2D eigenvalue weighted by molar-refractivity contribution is 0.0822. The van der Waals surface area contributed by atoms with Crippen molar-refractivity contribution in [1.82, 2.24) is 15.2 Å². The van der Waals surface area contributed by atoms with Gasteiger partial charge in [0.15, 0.2) is 0 Å². The Kier molecular flexibility index (Phi) is 5.92. The van der Waals surface area contributed by atoms with Gasteiger partial charge in [-0.3, -0.25) is 10.1 Å². The zero-order valence-electron chi connectivity index (χ0n) is 13.7. The standard InChI is InChI=1S/C17H19BrN4O2/c1-11(12-6-4-7-13(18)10-12)19-17(24)21-15-9-5-8-14(20-15)16(23)22(2)3/h4-11H,1-3H3,(H2,19,20,21,24)/t11-/m0/s1. The number of urea groups is 1. The first-order chi connectivity index (χ1) is 11.4. The summed E-state index contributed by atoms with van der Waals surface area (Å²) in [5.41, 5.74) is 1.25. The number of amides is 3. The van der Waals surface area contributed by atoms with Crippen molar-refractivity contribution in [2.75, 3.05) is 19.4 Å². The molecule has 1 aromatic heterocycles. The van der Waals surface area contributed by atoms with Crippen molar-refractivity contribution >= 4 is 33.7 Å². The number of halogens is 1. The average molecular weight is 391 g/mol. The van der Waals surface area contributed by atoms with Crippen LogP contribution in [0.25, 0.3) is 0 Å². The van der Waals surface area contributed by atoms with Gasteiger partial charge < -0.3 is 10.2 Å². The fourth-order valence-electron chi connectivity index (χ4n) is 2.06. The fraction of sp³-hybridized carbons (Fsp3) is 0.235. The number of hydrogen-bond donors (Lipinski definition) is 2. The molecule has 0 saturated carbocycles. The third-order valence-electron chi connectivity index (χ3n) is 3.31. The number of nitrogens with zero attached hydrogens (tertiary/aromatic N) is 2. The Morgan fingerprint density at radius 1 is 1.17 bits per heavy atom. The summed E-state index contributed by atoms with van der Waals surface area (Å²) in [6, 6.07) is 12.1. The summed E-state index contributed by atoms with van der Waals surface area (Å²) in [6.45, 7) is 1.89. The molecule has 2 rings (SSSR count). The minimum atomic E-state index is -0.385. The molecule has 6 nitrogen and oxygen atoms in total. The van der Waals surface area contributed by atoms with Gasteiger partial charge in [0, 0.05) is 18.6 Å². The number of nitrogens with one attached hydrogen (secondary N) is 2. The van der Waals surface area contributed by atoms with Gasteiger partial charge in [0.05, 0.1) is 6.04 Å². The number of pyridine rings is 1. The largest absolute Gasteiger partial charge is 0.343 e. The van der Waals surface area contributed by atoms with E-state index in [1.165, 1.54) is 4.90 Å². The second-order valence-electron chi connectivity index (χ2n) is 5.48. The highest BCUT2D eigenvalue weighted by atomic mass is 79.9. The lowest BCUT2D eigenvalue weighted by Gasteiger charge is -2.15. The van der Waals surface area contributed by atoms with Crippen LogP contribution in [0.3, 0.4) is 0 Å². The van der Waals surface area contributed by atoms with Crippen molar-refractivity contribution in [3.63, 3.8) is 0 Å². The molecule has 1 aromatic carbocycles. The lowest BCUT2D eigenvalue weighted by Crippen LogP contribution is -2.31. The topological polar surface area (TPSA) is 74.3 Å². The number of carbonyl (C=O) groups excluding carboxylic acids is 2. The van der Waals surface area contributed by atoms with Crippen LogP contribution in [0.4, 0.5) is 10.6 Å². The Balaban J connectivity index is 2.02. The number of hydrogen-bond acceptors (Lipinski definition) is 3. The number of anilines is 1. The van der Waals surface area contributed by atoms with E-state index >= 15 is 0 Å². The average Bonchev–Trinajstić information content (AvgIpc) is 2.54. The predicted octanol–water partition coefficient (Wildman–Crippen LogP) is 3.43. The van der Waals surface area contributed by atoms with Gasteiger partial charge in [-0.05, 0) is 36.8 Å². The van der Waals surface area contributed by atoms with Gasteiger partial charge in [-0.2, -0.15) is 0 Å². The van der Waals surface area contributed by atoms with E-state index in [1.54, 1.807) is 32.3 Å². The number of rotatable bonds is 4. The molecule has 0 saturated heterocycles. The van der Waals surface area contributed by atoms with Crippen LogP contribution in [0, 0.1) is 0 Å². The molecule has 0 unspecified atom stereocenters. The van der Waals surface area contributed by atoms with Crippen LogP contribution < -0.4 is 10.6 Å². The van der Waals surface area contributed by atoms with Gasteiger partial charge in [-0.1, -0.05) is 34.1 Å². The van der Waals surface area contributed by atoms with Gasteiger partial charge in [0.1, 0.15) is 11.5 Å². The lowest BCUT2D eigenvalue weighted by atomic mass is 10.1. The molecule has 2 aromatic rings. The molecule has 0 aliphatic heterocycles. The first-order valence-electron chi connectivity index (χ1n) is 7.38. The predicted molar refractivity (Wildman–Crippen MR) is 97.0 cm³/mol. The summed E-state index contributed by atoms with van der Waals surface area (Å²) in [4.78, 5) is 29.6. The van der Waals surface area contributed by atoms with Gasteiger partial charge in [0.2, 0.25) is 0 Å². The maximum atomic E-state index is 12.1. The molecular formula is C17H19BrN4O2. The highest BCUT2D eigenvalue weighted by Crippen LogP contribution is 2.18. The van der Waals surface area contributed by atoms with Gasteiger partial charge in [-0.25, -0.2) is 9.78 Å². The highest BCUT2D eigenvalue weighted by molar-refractivity contribution is 9.10.